The minimum Gasteiger partial charge on any atom is -0.383 e. The molecule has 1 saturated carbocycles. The molecule has 0 aromatic carbocycles. The Morgan fingerprint density at radius 3 is 2.53 bits per heavy atom. The molecule has 0 spiro atoms. The third-order valence-corrected chi connectivity index (χ3v) is 4.23. The first-order valence-electron chi connectivity index (χ1n) is 6.04. The monoisotopic (exact) mass is 262 g/mol. The Morgan fingerprint density at radius 2 is 2.00 bits per heavy atom. The standard InChI is InChI=1S/C12H22N2O2.ClH/c1-12(2)9-7-14(8-10(9)12)11(15)6-13-4-5-16-3;/h9-10,13H,4-8H2,1-3H3;1H. The molecule has 1 N–H and O–H groups in total. The van der Waals surface area contributed by atoms with Crippen molar-refractivity contribution in [3.63, 3.8) is 0 Å². The average molecular weight is 263 g/mol. The van der Waals surface area contributed by atoms with Crippen molar-refractivity contribution in [1.82, 2.24) is 10.2 Å². The molecule has 2 aliphatic rings. The molecular formula is C12H23ClN2O2. The smallest absolute Gasteiger partial charge is 0.236 e. The first-order chi connectivity index (χ1) is 7.57. The number of carbonyl (C=O) groups excluding carboxylic acids is 1. The highest BCUT2D eigenvalue weighted by Crippen LogP contribution is 2.61. The van der Waals surface area contributed by atoms with Gasteiger partial charge in [0.05, 0.1) is 13.2 Å². The zero-order valence-corrected chi connectivity index (χ0v) is 11.7. The van der Waals surface area contributed by atoms with Gasteiger partial charge >= 0.3 is 0 Å². The Balaban J connectivity index is 0.00000144. The van der Waals surface area contributed by atoms with Gasteiger partial charge in [0.2, 0.25) is 5.91 Å². The minimum atomic E-state index is 0. The van der Waals surface area contributed by atoms with E-state index in [4.69, 9.17) is 4.74 Å². The van der Waals surface area contributed by atoms with E-state index in [1.165, 1.54) is 0 Å². The number of likely N-dealkylation sites (tertiary alicyclic amines) is 1. The van der Waals surface area contributed by atoms with Crippen LogP contribution in [0.3, 0.4) is 0 Å². The van der Waals surface area contributed by atoms with Gasteiger partial charge in [0.25, 0.3) is 0 Å². The number of hydrogen-bond donors (Lipinski definition) is 1. The highest BCUT2D eigenvalue weighted by atomic mass is 35.5. The lowest BCUT2D eigenvalue weighted by Crippen LogP contribution is -2.39. The van der Waals surface area contributed by atoms with E-state index in [1.54, 1.807) is 7.11 Å². The molecular weight excluding hydrogens is 240 g/mol. The molecule has 1 amide bonds. The molecule has 1 heterocycles. The summed E-state index contributed by atoms with van der Waals surface area (Å²) in [5.41, 5.74) is 0.486. The molecule has 1 aliphatic heterocycles. The van der Waals surface area contributed by atoms with Gasteiger partial charge in [-0.3, -0.25) is 4.79 Å². The highest BCUT2D eigenvalue weighted by Gasteiger charge is 2.62. The summed E-state index contributed by atoms with van der Waals surface area (Å²) in [5.74, 6) is 1.73. The molecule has 0 aromatic heterocycles. The summed E-state index contributed by atoms with van der Waals surface area (Å²) in [4.78, 5) is 13.8. The van der Waals surface area contributed by atoms with Crippen molar-refractivity contribution >= 4 is 18.3 Å². The molecule has 2 fully saturated rings. The first kappa shape index (κ1) is 14.7. The van der Waals surface area contributed by atoms with Gasteiger partial charge in [-0.15, -0.1) is 12.4 Å². The van der Waals surface area contributed by atoms with Crippen molar-refractivity contribution in [1.29, 1.82) is 0 Å². The topological polar surface area (TPSA) is 41.6 Å². The molecule has 1 aliphatic carbocycles. The quantitative estimate of drug-likeness (QED) is 0.744. The van der Waals surface area contributed by atoms with Gasteiger partial charge in [0, 0.05) is 26.7 Å². The fourth-order valence-electron chi connectivity index (χ4n) is 2.82. The molecule has 100 valence electrons. The largest absolute Gasteiger partial charge is 0.383 e. The van der Waals surface area contributed by atoms with E-state index in [0.717, 1.165) is 31.5 Å². The van der Waals surface area contributed by atoms with Crippen LogP contribution in [0.25, 0.3) is 0 Å². The summed E-state index contributed by atoms with van der Waals surface area (Å²) < 4.78 is 4.91. The van der Waals surface area contributed by atoms with Gasteiger partial charge in [-0.2, -0.15) is 0 Å². The lowest BCUT2D eigenvalue weighted by atomic mass is 10.1. The van der Waals surface area contributed by atoms with Crippen molar-refractivity contribution < 1.29 is 9.53 Å². The number of nitrogens with one attached hydrogen (secondary N) is 1. The van der Waals surface area contributed by atoms with Crippen LogP contribution in [0.2, 0.25) is 0 Å². The van der Waals surface area contributed by atoms with Crippen LogP contribution in [-0.4, -0.2) is 50.7 Å². The molecule has 2 unspecified atom stereocenters. The number of halogens is 1. The number of fused-ring (bicyclic) bond motifs is 1. The maximum atomic E-state index is 11.8. The van der Waals surface area contributed by atoms with E-state index in [0.29, 0.717) is 18.6 Å². The van der Waals surface area contributed by atoms with Crippen molar-refractivity contribution in [2.75, 3.05) is 39.9 Å². The Hall–Kier alpha value is -0.320. The van der Waals surface area contributed by atoms with Gasteiger partial charge in [-0.05, 0) is 17.3 Å². The zero-order chi connectivity index (χ0) is 11.8. The van der Waals surface area contributed by atoms with Crippen LogP contribution in [0, 0.1) is 17.3 Å². The predicted octanol–water partition coefficient (Wildman–Crippen LogP) is 0.759. The number of carbonyl (C=O) groups is 1. The number of methoxy groups -OCH3 is 1. The Bertz CT molecular complexity index is 270. The van der Waals surface area contributed by atoms with Crippen molar-refractivity contribution in [2.45, 2.75) is 13.8 Å². The van der Waals surface area contributed by atoms with E-state index < -0.39 is 0 Å². The Labute approximate surface area is 109 Å². The first-order valence-corrected chi connectivity index (χ1v) is 6.04. The van der Waals surface area contributed by atoms with Crippen molar-refractivity contribution in [3.05, 3.63) is 0 Å². The molecule has 0 radical (unpaired) electrons. The SMILES string of the molecule is COCCNCC(=O)N1CC2C(C1)C2(C)C.Cl. The maximum absolute atomic E-state index is 11.8. The lowest BCUT2D eigenvalue weighted by Gasteiger charge is -2.22. The average Bonchev–Trinajstić information content (AvgIpc) is 2.69. The van der Waals surface area contributed by atoms with E-state index in [2.05, 4.69) is 19.2 Å². The maximum Gasteiger partial charge on any atom is 0.236 e. The summed E-state index contributed by atoms with van der Waals surface area (Å²) in [7, 11) is 1.67. The Morgan fingerprint density at radius 1 is 1.41 bits per heavy atom. The van der Waals surface area contributed by atoms with Gasteiger partial charge in [0.1, 0.15) is 0 Å². The number of hydrogen-bond acceptors (Lipinski definition) is 3. The van der Waals surface area contributed by atoms with E-state index >= 15 is 0 Å². The molecule has 1 saturated heterocycles. The predicted molar refractivity (Wildman–Crippen MR) is 69.3 cm³/mol. The van der Waals surface area contributed by atoms with Crippen LogP contribution in [0.15, 0.2) is 0 Å². The van der Waals surface area contributed by atoms with E-state index in [1.807, 2.05) is 4.90 Å². The number of rotatable bonds is 5. The number of piperidine rings is 1. The Kier molecular flexibility index (Phi) is 4.81. The van der Waals surface area contributed by atoms with Gasteiger partial charge in [-0.1, -0.05) is 13.8 Å². The lowest BCUT2D eigenvalue weighted by molar-refractivity contribution is -0.130. The molecule has 0 aromatic rings. The molecule has 2 atom stereocenters. The van der Waals surface area contributed by atoms with Gasteiger partial charge < -0.3 is 15.0 Å². The summed E-state index contributed by atoms with van der Waals surface area (Å²) in [6.45, 7) is 8.39. The number of amides is 1. The molecule has 2 rings (SSSR count). The van der Waals surface area contributed by atoms with Crippen LogP contribution < -0.4 is 5.32 Å². The summed E-state index contributed by atoms with van der Waals surface area (Å²) in [5, 5.41) is 3.10. The molecule has 5 heteroatoms. The second-order valence-corrected chi connectivity index (χ2v) is 5.50. The summed E-state index contributed by atoms with van der Waals surface area (Å²) in [6.07, 6.45) is 0. The molecule has 17 heavy (non-hydrogen) atoms. The van der Waals surface area contributed by atoms with Crippen LogP contribution in [0.4, 0.5) is 0 Å². The van der Waals surface area contributed by atoms with Crippen LogP contribution in [0.5, 0.6) is 0 Å². The second kappa shape index (κ2) is 5.55. The zero-order valence-electron chi connectivity index (χ0n) is 10.9. The van der Waals surface area contributed by atoms with Gasteiger partial charge in [0.15, 0.2) is 0 Å². The highest BCUT2D eigenvalue weighted by molar-refractivity contribution is 5.85. The summed E-state index contributed by atoms with van der Waals surface area (Å²) in [6, 6.07) is 0. The number of nitrogens with zero attached hydrogens (tertiary/aromatic N) is 1. The van der Waals surface area contributed by atoms with Crippen LogP contribution in [0.1, 0.15) is 13.8 Å². The fourth-order valence-corrected chi connectivity index (χ4v) is 2.82. The summed E-state index contributed by atoms with van der Waals surface area (Å²) >= 11 is 0. The number of ether oxygens (including phenoxy) is 1. The van der Waals surface area contributed by atoms with Crippen molar-refractivity contribution in [3.8, 4) is 0 Å². The normalized spacial score (nSPS) is 28.5. The third kappa shape index (κ3) is 2.92. The fraction of sp³-hybridized carbons (Fsp3) is 0.917. The second-order valence-electron chi connectivity index (χ2n) is 5.50. The van der Waals surface area contributed by atoms with E-state index in [-0.39, 0.29) is 18.3 Å². The van der Waals surface area contributed by atoms with Crippen molar-refractivity contribution in [2.24, 2.45) is 17.3 Å². The van der Waals surface area contributed by atoms with E-state index in [9.17, 15) is 4.79 Å². The third-order valence-electron chi connectivity index (χ3n) is 4.23. The van der Waals surface area contributed by atoms with Crippen LogP contribution in [-0.2, 0) is 9.53 Å². The van der Waals surface area contributed by atoms with Gasteiger partial charge in [-0.25, -0.2) is 0 Å². The molecule has 0 bridgehead atoms. The van der Waals surface area contributed by atoms with Crippen LogP contribution >= 0.6 is 12.4 Å². The molecule has 4 nitrogen and oxygen atoms in total. The minimum absolute atomic E-state index is 0.